The number of hydrogen-bond acceptors (Lipinski definition) is 0. The van der Waals surface area contributed by atoms with E-state index in [2.05, 4.69) is 69.2 Å². The van der Waals surface area contributed by atoms with Crippen LogP contribution in [0.5, 0.6) is 0 Å². The Bertz CT molecular complexity index is 1530. The molecule has 0 amide bonds. The lowest BCUT2D eigenvalue weighted by Gasteiger charge is -2.58. The molecule has 1 heteroatoms. The molecule has 0 bridgehead atoms. The van der Waals surface area contributed by atoms with E-state index in [0.29, 0.717) is 16.0 Å². The molecule has 0 unspecified atom stereocenters. The Morgan fingerprint density at radius 2 is 0.234 bits per heavy atom. The highest BCUT2D eigenvalue weighted by Crippen LogP contribution is 2.80. The van der Waals surface area contributed by atoms with Crippen LogP contribution in [0.25, 0.3) is 0 Å². The summed E-state index contributed by atoms with van der Waals surface area (Å²) >= 11 is 0. The maximum Gasteiger partial charge on any atom is 0.0855 e. The predicted molar refractivity (Wildman–Crippen MR) is 520 cm³/mol. The van der Waals surface area contributed by atoms with Gasteiger partial charge in [0.2, 0.25) is 0 Å². The average Bonchev–Trinajstić information content (AvgIpc) is 0.721. The van der Waals surface area contributed by atoms with Gasteiger partial charge in [0.15, 0.2) is 0 Å². The van der Waals surface area contributed by atoms with E-state index in [1.807, 2.05) is 0 Å². The Kier molecular flexibility index (Phi) is 90.0. The quantitative estimate of drug-likeness (QED) is 0.0421. The summed E-state index contributed by atoms with van der Waals surface area (Å²) in [5.41, 5.74) is 1.11. The van der Waals surface area contributed by atoms with Crippen molar-refractivity contribution >= 4 is 7.26 Å². The molecule has 0 aromatic carbocycles. The zero-order chi connectivity index (χ0) is 80.6. The van der Waals surface area contributed by atoms with Crippen molar-refractivity contribution in [3.8, 4) is 0 Å². The summed E-state index contributed by atoms with van der Waals surface area (Å²) in [4.78, 5) is 0. The van der Waals surface area contributed by atoms with Crippen LogP contribution in [0.3, 0.4) is 0 Å². The van der Waals surface area contributed by atoms with E-state index in [9.17, 15) is 0 Å². The zero-order valence-corrected chi connectivity index (χ0v) is 81.4. The van der Waals surface area contributed by atoms with Crippen molar-refractivity contribution < 1.29 is 0 Å². The van der Waals surface area contributed by atoms with Gasteiger partial charge in [-0.2, -0.15) is 0 Å². The standard InChI is InChI=1S/C110H224P/c1-11-21-31-41-51-61-72-84-96-108(97-85-73-62-52-42-32-22-12-2,98-86-74-63-53-43-33-23-13-3)99-87-75-71-78-90-102-109(100-88-76-64-54-44-34-24-14-4,101-89-77-65-55-45-35-25-15-5)110(103-91-79-66-56-46-36-26-16-6,104-92-80-67-57-47-37-27-17-7)111(105-93-81-68-58-48-38-28-18-8,106-94-82-69-59-49-39-29-19-9)107-95-83-70-60-50-40-30-20-10/h11-107H2,1-10H3/q+1. The third-order valence-electron chi connectivity index (χ3n) is 29.2. The molecule has 0 spiro atoms. The topological polar surface area (TPSA) is 0 Å². The van der Waals surface area contributed by atoms with Gasteiger partial charge in [0.1, 0.15) is 0 Å². The molecule has 0 saturated heterocycles. The summed E-state index contributed by atoms with van der Waals surface area (Å²) < 4.78 is 0. The smallest absolute Gasteiger partial charge is 0.0654 e. The van der Waals surface area contributed by atoms with Gasteiger partial charge in [0.25, 0.3) is 0 Å². The molecule has 0 aromatic rings. The third kappa shape index (κ3) is 65.8. The molecular weight excluding hydrogens is 1350 g/mol. The Balaban J connectivity index is 8.71. The average molecular weight is 1580 g/mol. The highest BCUT2D eigenvalue weighted by atomic mass is 31.2. The van der Waals surface area contributed by atoms with Gasteiger partial charge in [-0.25, -0.2) is 0 Å². The van der Waals surface area contributed by atoms with Crippen LogP contribution >= 0.6 is 7.26 Å². The summed E-state index contributed by atoms with van der Waals surface area (Å²) in [6.07, 6.45) is 146. The van der Waals surface area contributed by atoms with Crippen LogP contribution in [0, 0.1) is 10.8 Å². The molecule has 0 aliphatic carbocycles. The van der Waals surface area contributed by atoms with Crippen LogP contribution in [0.4, 0.5) is 0 Å². The van der Waals surface area contributed by atoms with Gasteiger partial charge in [0.05, 0.1) is 23.6 Å². The molecule has 0 aliphatic heterocycles. The highest BCUT2D eigenvalue weighted by Gasteiger charge is 2.64. The van der Waals surface area contributed by atoms with Gasteiger partial charge in [0, 0.05) is 12.7 Å². The van der Waals surface area contributed by atoms with E-state index >= 15 is 0 Å². The minimum Gasteiger partial charge on any atom is -0.0654 e. The van der Waals surface area contributed by atoms with E-state index in [1.165, 1.54) is 494 Å². The first-order valence-corrected chi connectivity index (χ1v) is 57.0. The number of unbranched alkanes of at least 4 members (excludes halogenated alkanes) is 74. The SMILES string of the molecule is CCCCCCCCCCC(CCCCCCCCCC)(CCCCCCCCCC)CCCCCCCC(CCCCCCCCCC)(CCCCCCCCCC)C(CCCCCCCCCC)(CCCCCCCCCC)[P+](CCCCCCCCCC)(CCCCCCCCCC)CCCCCCCCCC. The van der Waals surface area contributed by atoms with Crippen LogP contribution in [0.2, 0.25) is 0 Å². The first kappa shape index (κ1) is 111. The van der Waals surface area contributed by atoms with E-state index in [1.54, 1.807) is 128 Å². The predicted octanol–water partition coefficient (Wildman–Crippen LogP) is 42.6. The van der Waals surface area contributed by atoms with Crippen LogP contribution in [0.1, 0.15) is 673 Å². The van der Waals surface area contributed by atoms with E-state index in [4.69, 9.17) is 0 Å². The van der Waals surface area contributed by atoms with Crippen molar-refractivity contribution in [2.75, 3.05) is 18.5 Å². The maximum absolute atomic E-state index is 2.44. The first-order valence-electron chi connectivity index (χ1n) is 54.7. The molecule has 0 rings (SSSR count). The highest BCUT2D eigenvalue weighted by molar-refractivity contribution is 7.77. The minimum atomic E-state index is -1.49. The third-order valence-corrected chi connectivity index (χ3v) is 35.4. The number of hydrogen-bond donors (Lipinski definition) is 0. The molecule has 0 radical (unpaired) electrons. The summed E-state index contributed by atoms with van der Waals surface area (Å²) in [6.45, 7) is 24.2. The molecule has 111 heavy (non-hydrogen) atoms. The molecule has 0 heterocycles. The van der Waals surface area contributed by atoms with Crippen LogP contribution in [0.15, 0.2) is 0 Å². The normalized spacial score (nSPS) is 12.5. The Morgan fingerprint density at radius 1 is 0.117 bits per heavy atom. The molecule has 0 saturated carbocycles. The molecule has 0 aliphatic rings. The molecule has 0 aromatic heterocycles. The fourth-order valence-corrected chi connectivity index (χ4v) is 28.8. The van der Waals surface area contributed by atoms with Crippen molar-refractivity contribution in [2.45, 2.75) is 678 Å². The lowest BCUT2D eigenvalue weighted by Crippen LogP contribution is -2.52. The monoisotopic (exact) mass is 1580 g/mol. The van der Waals surface area contributed by atoms with E-state index < -0.39 is 7.26 Å². The van der Waals surface area contributed by atoms with Gasteiger partial charge in [-0.15, -0.1) is 0 Å². The summed E-state index contributed by atoms with van der Waals surface area (Å²) in [6, 6.07) is 0. The fraction of sp³-hybridized carbons (Fsp3) is 1.00. The summed E-state index contributed by atoms with van der Waals surface area (Å²) in [5.74, 6) is 0. The minimum absolute atomic E-state index is 0.505. The van der Waals surface area contributed by atoms with Crippen molar-refractivity contribution in [2.24, 2.45) is 10.8 Å². The Morgan fingerprint density at radius 3 is 0.387 bits per heavy atom. The lowest BCUT2D eigenvalue weighted by molar-refractivity contribution is 0.101. The number of rotatable bonds is 100. The molecule has 0 nitrogen and oxygen atoms in total. The van der Waals surface area contributed by atoms with Crippen LogP contribution < -0.4 is 0 Å². The largest absolute Gasteiger partial charge is 0.0855 e. The lowest BCUT2D eigenvalue weighted by atomic mass is 9.61. The second-order valence-electron chi connectivity index (χ2n) is 39.4. The molecule has 0 atom stereocenters. The molecule has 668 valence electrons. The zero-order valence-electron chi connectivity index (χ0n) is 80.5. The fourth-order valence-electron chi connectivity index (χ4n) is 21.8. The summed E-state index contributed by atoms with van der Waals surface area (Å²) in [7, 11) is -1.49. The van der Waals surface area contributed by atoms with Crippen molar-refractivity contribution in [3.63, 3.8) is 0 Å². The summed E-state index contributed by atoms with van der Waals surface area (Å²) in [5, 5.41) is 0.552. The van der Waals surface area contributed by atoms with Crippen molar-refractivity contribution in [3.05, 3.63) is 0 Å². The molecule has 0 N–H and O–H groups in total. The van der Waals surface area contributed by atoms with E-state index in [0.717, 1.165) is 0 Å². The Hall–Kier alpha value is 0.430. The van der Waals surface area contributed by atoms with Gasteiger partial charge < -0.3 is 0 Å². The van der Waals surface area contributed by atoms with Crippen LogP contribution in [-0.2, 0) is 0 Å². The molecule has 0 fully saturated rings. The van der Waals surface area contributed by atoms with Crippen molar-refractivity contribution in [1.82, 2.24) is 0 Å². The van der Waals surface area contributed by atoms with Gasteiger partial charge >= 0.3 is 0 Å². The van der Waals surface area contributed by atoms with Crippen LogP contribution in [-0.4, -0.2) is 23.6 Å². The molecular formula is C110H224P+. The van der Waals surface area contributed by atoms with E-state index in [-0.39, 0.29) is 0 Å². The van der Waals surface area contributed by atoms with Gasteiger partial charge in [-0.05, 0) is 115 Å². The van der Waals surface area contributed by atoms with Crippen molar-refractivity contribution in [1.29, 1.82) is 0 Å². The van der Waals surface area contributed by atoms with Gasteiger partial charge in [-0.3, -0.25) is 0 Å². The second kappa shape index (κ2) is 89.7. The maximum atomic E-state index is 2.44. The van der Waals surface area contributed by atoms with Gasteiger partial charge in [-0.1, -0.05) is 564 Å². The second-order valence-corrected chi connectivity index (χ2v) is 43.9. The Labute approximate surface area is 710 Å². The first-order chi connectivity index (χ1) is 54.8.